The number of pyridine rings is 1. The summed E-state index contributed by atoms with van der Waals surface area (Å²) >= 11 is 8.35. The molecule has 0 bridgehead atoms. The second-order valence-electron chi connectivity index (χ2n) is 8.57. The van der Waals surface area contributed by atoms with E-state index < -0.39 is 16.6 Å². The molecule has 3 aromatic rings. The predicted octanol–water partition coefficient (Wildman–Crippen LogP) is 4.76. The molecule has 0 saturated carbocycles. The largest absolute Gasteiger partial charge is 0.503 e. The first-order valence-electron chi connectivity index (χ1n) is 10.0. The molecule has 0 saturated heterocycles. The Morgan fingerprint density at radius 2 is 1.81 bits per heavy atom. The number of aromatic hydroxyl groups is 1. The molecule has 5 nitrogen and oxygen atoms in total. The van der Waals surface area contributed by atoms with Crippen LogP contribution < -0.4 is 10.4 Å². The Labute approximate surface area is 189 Å². The van der Waals surface area contributed by atoms with E-state index in [0.29, 0.717) is 11.6 Å². The highest BCUT2D eigenvalue weighted by molar-refractivity contribution is 7.98. The monoisotopic (exact) mass is 452 g/mol. The van der Waals surface area contributed by atoms with E-state index in [-0.39, 0.29) is 17.5 Å². The SMILES string of the molecule is CC1(C)CN(C2c3ccccc3SCc3c(Cl)cccc32)n2ccc(=O)c(O)c2C1=O. The van der Waals surface area contributed by atoms with E-state index >= 15 is 0 Å². The van der Waals surface area contributed by atoms with Crippen molar-refractivity contribution in [3.05, 3.63) is 92.4 Å². The molecular formula is C24H21ClN2O3S. The van der Waals surface area contributed by atoms with Crippen LogP contribution in [0.1, 0.15) is 47.1 Å². The molecule has 1 N–H and O–H groups in total. The van der Waals surface area contributed by atoms with Gasteiger partial charge in [-0.3, -0.25) is 19.3 Å². The summed E-state index contributed by atoms with van der Waals surface area (Å²) in [6.45, 7) is 4.11. The first-order valence-corrected chi connectivity index (χ1v) is 11.4. The van der Waals surface area contributed by atoms with Crippen molar-refractivity contribution >= 4 is 29.1 Å². The first kappa shape index (κ1) is 20.2. The Balaban J connectivity index is 1.82. The van der Waals surface area contributed by atoms with Crippen molar-refractivity contribution in [1.29, 1.82) is 0 Å². The molecule has 3 heterocycles. The Morgan fingerprint density at radius 3 is 2.61 bits per heavy atom. The lowest BCUT2D eigenvalue weighted by Crippen LogP contribution is -2.54. The van der Waals surface area contributed by atoms with Crippen molar-refractivity contribution in [2.45, 2.75) is 30.5 Å². The molecule has 2 aliphatic rings. The van der Waals surface area contributed by atoms with E-state index in [1.165, 1.54) is 6.07 Å². The van der Waals surface area contributed by atoms with Crippen molar-refractivity contribution in [1.82, 2.24) is 4.68 Å². The number of thioether (sulfide) groups is 1. The predicted molar refractivity (Wildman–Crippen MR) is 123 cm³/mol. The van der Waals surface area contributed by atoms with Crippen LogP contribution in [0.3, 0.4) is 0 Å². The third-order valence-corrected chi connectivity index (χ3v) is 7.52. The van der Waals surface area contributed by atoms with Gasteiger partial charge in [0.2, 0.25) is 5.43 Å². The maximum atomic E-state index is 13.2. The van der Waals surface area contributed by atoms with Crippen LogP contribution in [0.15, 0.2) is 64.4 Å². The van der Waals surface area contributed by atoms with Crippen molar-refractivity contribution in [2.24, 2.45) is 5.41 Å². The highest BCUT2D eigenvalue weighted by Gasteiger charge is 2.44. The van der Waals surface area contributed by atoms with E-state index in [9.17, 15) is 14.7 Å². The summed E-state index contributed by atoms with van der Waals surface area (Å²) < 4.78 is 1.65. The summed E-state index contributed by atoms with van der Waals surface area (Å²) in [5, 5.41) is 13.3. The maximum absolute atomic E-state index is 13.2. The van der Waals surface area contributed by atoms with E-state index in [4.69, 9.17) is 11.6 Å². The fourth-order valence-electron chi connectivity index (χ4n) is 4.49. The van der Waals surface area contributed by atoms with Gasteiger partial charge in [-0.25, -0.2) is 0 Å². The van der Waals surface area contributed by atoms with Gasteiger partial charge in [0.05, 0.1) is 6.04 Å². The van der Waals surface area contributed by atoms with Crippen molar-refractivity contribution in [3.8, 4) is 5.75 Å². The molecule has 0 aliphatic carbocycles. The van der Waals surface area contributed by atoms with Gasteiger partial charge in [-0.15, -0.1) is 11.8 Å². The molecular weight excluding hydrogens is 432 g/mol. The first-order chi connectivity index (χ1) is 14.8. The summed E-state index contributed by atoms with van der Waals surface area (Å²) in [6.07, 6.45) is 1.58. The molecule has 1 atom stereocenters. The third kappa shape index (κ3) is 3.08. The molecule has 7 heteroatoms. The van der Waals surface area contributed by atoms with Crippen LogP contribution in [-0.2, 0) is 5.75 Å². The molecule has 2 aromatic carbocycles. The summed E-state index contributed by atoms with van der Waals surface area (Å²) in [7, 11) is 0. The Kier molecular flexibility index (Phi) is 4.68. The number of carbonyl (C=O) groups is 1. The van der Waals surface area contributed by atoms with E-state index in [2.05, 4.69) is 23.2 Å². The number of hydrogen-bond acceptors (Lipinski definition) is 5. The van der Waals surface area contributed by atoms with Gasteiger partial charge >= 0.3 is 0 Å². The minimum Gasteiger partial charge on any atom is -0.503 e. The molecule has 31 heavy (non-hydrogen) atoms. The normalized spacial score (nSPS) is 19.3. The van der Waals surface area contributed by atoms with Gasteiger partial charge in [-0.1, -0.05) is 55.8 Å². The van der Waals surface area contributed by atoms with Crippen molar-refractivity contribution in [2.75, 3.05) is 11.6 Å². The molecule has 5 rings (SSSR count). The third-order valence-electron chi connectivity index (χ3n) is 6.05. The number of rotatable bonds is 1. The molecule has 0 radical (unpaired) electrons. The molecule has 2 aliphatic heterocycles. The number of benzene rings is 2. The molecule has 1 unspecified atom stereocenters. The van der Waals surface area contributed by atoms with Crippen LogP contribution in [0.4, 0.5) is 0 Å². The number of hydrogen-bond donors (Lipinski definition) is 1. The van der Waals surface area contributed by atoms with Crippen LogP contribution in [0, 0.1) is 5.41 Å². The quantitative estimate of drug-likeness (QED) is 0.576. The molecule has 158 valence electrons. The molecule has 0 amide bonds. The summed E-state index contributed by atoms with van der Waals surface area (Å²) in [4.78, 5) is 26.5. The van der Waals surface area contributed by atoms with Crippen LogP contribution in [0.25, 0.3) is 0 Å². The average molecular weight is 453 g/mol. The average Bonchev–Trinajstić information content (AvgIpc) is 2.91. The minimum absolute atomic E-state index is 0.0294. The Morgan fingerprint density at radius 1 is 1.06 bits per heavy atom. The lowest BCUT2D eigenvalue weighted by atomic mass is 9.82. The highest BCUT2D eigenvalue weighted by atomic mass is 35.5. The van der Waals surface area contributed by atoms with E-state index in [0.717, 1.165) is 27.3 Å². The summed E-state index contributed by atoms with van der Waals surface area (Å²) in [6, 6.07) is 15.2. The highest BCUT2D eigenvalue weighted by Crippen LogP contribution is 2.45. The van der Waals surface area contributed by atoms with Crippen LogP contribution in [-0.4, -0.2) is 22.1 Å². The standard InChI is InChI=1S/C24H21ClN2O3S/c1-24(2)13-27(26-11-10-18(28)22(29)21(26)23(24)30)20-14-7-5-8-17(25)16(14)12-31-19-9-4-3-6-15(19)20/h3-11,20,29H,12-13H2,1-2H3. The van der Waals surface area contributed by atoms with Crippen LogP contribution in [0.5, 0.6) is 5.75 Å². The number of Topliss-reactive ketones (excluding diaryl/α,β-unsaturated/α-hetero) is 1. The second kappa shape index (κ2) is 7.18. The zero-order valence-electron chi connectivity index (χ0n) is 17.1. The fourth-order valence-corrected chi connectivity index (χ4v) is 5.96. The summed E-state index contributed by atoms with van der Waals surface area (Å²) in [5.41, 5.74) is 1.89. The number of ketones is 1. The number of aromatic nitrogens is 1. The number of nitrogens with zero attached hydrogens (tertiary/aromatic N) is 2. The van der Waals surface area contributed by atoms with E-state index in [1.54, 1.807) is 22.6 Å². The molecule has 1 aromatic heterocycles. The van der Waals surface area contributed by atoms with Gasteiger partial charge in [0.1, 0.15) is 0 Å². The number of fused-ring (bicyclic) bond motifs is 3. The lowest BCUT2D eigenvalue weighted by molar-refractivity contribution is 0.0786. The molecule has 0 spiro atoms. The van der Waals surface area contributed by atoms with Gasteiger partial charge in [-0.05, 0) is 28.8 Å². The van der Waals surface area contributed by atoms with Gasteiger partial charge in [0.15, 0.2) is 17.2 Å². The maximum Gasteiger partial charge on any atom is 0.224 e. The smallest absolute Gasteiger partial charge is 0.224 e. The van der Waals surface area contributed by atoms with Gasteiger partial charge < -0.3 is 5.11 Å². The fraction of sp³-hybridized carbons (Fsp3) is 0.250. The van der Waals surface area contributed by atoms with Gasteiger partial charge in [0.25, 0.3) is 0 Å². The minimum atomic E-state index is -0.793. The Hall–Kier alpha value is -2.70. The van der Waals surface area contributed by atoms with Gasteiger partial charge in [-0.2, -0.15) is 0 Å². The van der Waals surface area contributed by atoms with Gasteiger partial charge in [0, 0.05) is 39.9 Å². The zero-order chi connectivity index (χ0) is 21.9. The van der Waals surface area contributed by atoms with Crippen molar-refractivity contribution in [3.63, 3.8) is 0 Å². The van der Waals surface area contributed by atoms with E-state index in [1.807, 2.05) is 38.1 Å². The van der Waals surface area contributed by atoms with Crippen molar-refractivity contribution < 1.29 is 9.90 Å². The topological polar surface area (TPSA) is 62.5 Å². The van der Waals surface area contributed by atoms with Crippen LogP contribution in [0.2, 0.25) is 5.02 Å². The summed E-state index contributed by atoms with van der Waals surface area (Å²) in [5.74, 6) is -0.0181. The second-order valence-corrected chi connectivity index (χ2v) is 9.99. The number of carbonyl (C=O) groups excluding carboxylic acids is 1. The number of halogens is 1. The zero-order valence-corrected chi connectivity index (χ0v) is 18.7. The lowest BCUT2D eigenvalue weighted by Gasteiger charge is -2.45. The molecule has 0 fully saturated rings. The van der Waals surface area contributed by atoms with Crippen LogP contribution >= 0.6 is 23.4 Å². The Bertz CT molecular complexity index is 1280.